The average Bonchev–Trinajstić information content (AvgIpc) is 2.99. The van der Waals surface area contributed by atoms with E-state index in [-0.39, 0.29) is 5.91 Å². The maximum absolute atomic E-state index is 12.3. The number of nitrogens with zero attached hydrogens (tertiary/aromatic N) is 1. The van der Waals surface area contributed by atoms with Crippen LogP contribution in [0.3, 0.4) is 0 Å². The third-order valence-corrected chi connectivity index (χ3v) is 4.69. The molecule has 140 valence electrons. The summed E-state index contributed by atoms with van der Waals surface area (Å²) in [7, 11) is 3.18. The normalized spacial score (nSPS) is 18.8. The van der Waals surface area contributed by atoms with E-state index in [0.29, 0.717) is 37.3 Å². The Hall–Kier alpha value is -2.97. The molecule has 1 N–H and O–H groups in total. The average molecular weight is 365 g/mol. The summed E-state index contributed by atoms with van der Waals surface area (Å²) in [6.45, 7) is 0.383. The number of ether oxygens (including phenoxy) is 2. The third-order valence-electron chi connectivity index (χ3n) is 4.69. The maximum Gasteiger partial charge on any atom is 0.225 e. The Morgan fingerprint density at radius 3 is 2.56 bits per heavy atom. The van der Waals surface area contributed by atoms with Crippen LogP contribution in [0.4, 0.5) is 0 Å². The zero-order valence-electron chi connectivity index (χ0n) is 15.6. The van der Waals surface area contributed by atoms with Crippen molar-refractivity contribution in [1.29, 1.82) is 0 Å². The number of methoxy groups -OCH3 is 2. The lowest BCUT2D eigenvalue weighted by Crippen LogP contribution is -2.45. The highest BCUT2D eigenvalue weighted by atomic mass is 16.5. The summed E-state index contributed by atoms with van der Waals surface area (Å²) in [5, 5.41) is 10.9. The molecule has 0 radical (unpaired) electrons. The summed E-state index contributed by atoms with van der Waals surface area (Å²) in [6.07, 6.45) is 1.20. The Bertz CT molecular complexity index is 869. The molecule has 1 amide bonds. The molecule has 2 aromatic rings. The van der Waals surface area contributed by atoms with Gasteiger partial charge >= 0.3 is 0 Å². The molecule has 3 rings (SSSR count). The van der Waals surface area contributed by atoms with E-state index in [1.807, 2.05) is 48.5 Å². The van der Waals surface area contributed by atoms with E-state index >= 15 is 0 Å². The van der Waals surface area contributed by atoms with Gasteiger partial charge < -0.3 is 19.5 Å². The molecule has 5 heteroatoms. The zero-order chi connectivity index (χ0) is 19.3. The van der Waals surface area contributed by atoms with Crippen LogP contribution >= 0.6 is 0 Å². The minimum Gasteiger partial charge on any atom is -0.493 e. The summed E-state index contributed by atoms with van der Waals surface area (Å²) in [5.74, 6) is 7.09. The second-order valence-corrected chi connectivity index (χ2v) is 6.42. The van der Waals surface area contributed by atoms with Crippen LogP contribution in [0.1, 0.15) is 24.0 Å². The van der Waals surface area contributed by atoms with E-state index in [0.717, 1.165) is 11.1 Å². The molecule has 0 aromatic heterocycles. The van der Waals surface area contributed by atoms with Crippen molar-refractivity contribution in [2.75, 3.05) is 20.8 Å². The number of likely N-dealkylation sites (tertiary alicyclic amines) is 1. The molecule has 5 nitrogen and oxygen atoms in total. The van der Waals surface area contributed by atoms with Gasteiger partial charge in [0.05, 0.1) is 14.2 Å². The predicted molar refractivity (Wildman–Crippen MR) is 102 cm³/mol. The van der Waals surface area contributed by atoms with E-state index in [1.165, 1.54) is 4.90 Å². The molecule has 1 unspecified atom stereocenters. The van der Waals surface area contributed by atoms with Gasteiger partial charge in [-0.2, -0.15) is 0 Å². The fourth-order valence-electron chi connectivity index (χ4n) is 3.17. The largest absolute Gasteiger partial charge is 0.493 e. The molecule has 1 fully saturated rings. The van der Waals surface area contributed by atoms with Crippen LogP contribution < -0.4 is 9.47 Å². The SMILES string of the molecule is COc1ccc(CCN2C(=O)CCC2(O)C#Cc2ccccc2)cc1OC. The van der Waals surface area contributed by atoms with Crippen LogP contribution in [-0.4, -0.2) is 42.4 Å². The summed E-state index contributed by atoms with van der Waals surface area (Å²) in [4.78, 5) is 13.8. The van der Waals surface area contributed by atoms with E-state index in [2.05, 4.69) is 11.8 Å². The first-order valence-corrected chi connectivity index (χ1v) is 8.88. The van der Waals surface area contributed by atoms with E-state index in [1.54, 1.807) is 14.2 Å². The lowest BCUT2D eigenvalue weighted by molar-refractivity contribution is -0.137. The minimum absolute atomic E-state index is 0.0830. The van der Waals surface area contributed by atoms with Gasteiger partial charge in [0.1, 0.15) is 0 Å². The molecule has 1 aliphatic heterocycles. The number of benzene rings is 2. The van der Waals surface area contributed by atoms with Crippen LogP contribution in [-0.2, 0) is 11.2 Å². The molecule has 27 heavy (non-hydrogen) atoms. The van der Waals surface area contributed by atoms with Gasteiger partial charge in [-0.1, -0.05) is 30.2 Å². The second kappa shape index (κ2) is 8.15. The van der Waals surface area contributed by atoms with Gasteiger partial charge in [-0.25, -0.2) is 0 Å². The van der Waals surface area contributed by atoms with Crippen molar-refractivity contribution in [3.8, 4) is 23.3 Å². The highest BCUT2D eigenvalue weighted by Crippen LogP contribution is 2.30. The minimum atomic E-state index is -1.43. The number of carbonyl (C=O) groups excluding carboxylic acids is 1. The highest BCUT2D eigenvalue weighted by Gasteiger charge is 2.42. The molecule has 2 aromatic carbocycles. The molecule has 1 atom stereocenters. The number of amides is 1. The third kappa shape index (κ3) is 4.24. The molecule has 1 saturated heterocycles. The summed E-state index contributed by atoms with van der Waals surface area (Å²) >= 11 is 0. The van der Waals surface area contributed by atoms with Crippen LogP contribution in [0.5, 0.6) is 11.5 Å². The topological polar surface area (TPSA) is 59.0 Å². The monoisotopic (exact) mass is 365 g/mol. The van der Waals surface area contributed by atoms with Crippen LogP contribution in [0, 0.1) is 11.8 Å². The van der Waals surface area contributed by atoms with Gasteiger partial charge in [-0.3, -0.25) is 4.79 Å². The smallest absolute Gasteiger partial charge is 0.225 e. The number of hydrogen-bond acceptors (Lipinski definition) is 4. The molecule has 1 aliphatic rings. The Labute approximate surface area is 159 Å². The fraction of sp³-hybridized carbons (Fsp3) is 0.318. The van der Waals surface area contributed by atoms with Gasteiger partial charge in [0.2, 0.25) is 11.6 Å². The van der Waals surface area contributed by atoms with Crippen molar-refractivity contribution in [2.45, 2.75) is 25.0 Å². The van der Waals surface area contributed by atoms with Crippen molar-refractivity contribution in [2.24, 2.45) is 0 Å². The summed E-state index contributed by atoms with van der Waals surface area (Å²) in [5.41, 5.74) is 0.375. The number of hydrogen-bond donors (Lipinski definition) is 1. The predicted octanol–water partition coefficient (Wildman–Crippen LogP) is 2.61. The first-order chi connectivity index (χ1) is 13.1. The molecule has 0 spiro atoms. The lowest BCUT2D eigenvalue weighted by Gasteiger charge is -2.29. The highest BCUT2D eigenvalue weighted by molar-refractivity contribution is 5.80. The van der Waals surface area contributed by atoms with Gasteiger partial charge in [0, 0.05) is 24.9 Å². The van der Waals surface area contributed by atoms with E-state index < -0.39 is 5.72 Å². The van der Waals surface area contributed by atoms with Crippen molar-refractivity contribution < 1.29 is 19.4 Å². The van der Waals surface area contributed by atoms with E-state index in [4.69, 9.17) is 9.47 Å². The molecule has 1 heterocycles. The lowest BCUT2D eigenvalue weighted by atomic mass is 10.1. The van der Waals surface area contributed by atoms with Crippen molar-refractivity contribution >= 4 is 5.91 Å². The zero-order valence-corrected chi connectivity index (χ0v) is 15.6. The van der Waals surface area contributed by atoms with Crippen LogP contribution in [0.2, 0.25) is 0 Å². The molecule has 0 saturated carbocycles. The quantitative estimate of drug-likeness (QED) is 0.828. The molecular formula is C22H23NO4. The standard InChI is InChI=1S/C22H23NO4/c1-26-19-9-8-18(16-20(19)27-2)12-15-23-21(24)11-14-22(23,25)13-10-17-6-4-3-5-7-17/h3-9,16,25H,11-12,14-15H2,1-2H3. The van der Waals surface area contributed by atoms with Crippen molar-refractivity contribution in [3.63, 3.8) is 0 Å². The van der Waals surface area contributed by atoms with Crippen LogP contribution in [0.25, 0.3) is 0 Å². The van der Waals surface area contributed by atoms with Gasteiger partial charge in [0.25, 0.3) is 0 Å². The summed E-state index contributed by atoms with van der Waals surface area (Å²) in [6, 6.07) is 15.1. The Balaban J connectivity index is 1.74. The number of aliphatic hydroxyl groups is 1. The van der Waals surface area contributed by atoms with Gasteiger partial charge in [-0.15, -0.1) is 0 Å². The maximum atomic E-state index is 12.3. The second-order valence-electron chi connectivity index (χ2n) is 6.42. The molecule has 0 aliphatic carbocycles. The van der Waals surface area contributed by atoms with Crippen molar-refractivity contribution in [1.82, 2.24) is 4.90 Å². The number of rotatable bonds is 5. The Kier molecular flexibility index (Phi) is 5.68. The van der Waals surface area contributed by atoms with Crippen LogP contribution in [0.15, 0.2) is 48.5 Å². The van der Waals surface area contributed by atoms with Gasteiger partial charge in [0.15, 0.2) is 11.5 Å². The van der Waals surface area contributed by atoms with E-state index in [9.17, 15) is 9.90 Å². The first-order valence-electron chi connectivity index (χ1n) is 8.88. The van der Waals surface area contributed by atoms with Crippen molar-refractivity contribution in [3.05, 3.63) is 59.7 Å². The fourth-order valence-corrected chi connectivity index (χ4v) is 3.17. The number of carbonyl (C=O) groups is 1. The Morgan fingerprint density at radius 1 is 1.11 bits per heavy atom. The first kappa shape index (κ1) is 18.8. The molecule has 0 bridgehead atoms. The van der Waals surface area contributed by atoms with Gasteiger partial charge in [-0.05, 0) is 42.2 Å². The summed E-state index contributed by atoms with van der Waals surface area (Å²) < 4.78 is 10.6. The molecular weight excluding hydrogens is 342 g/mol. The Morgan fingerprint density at radius 2 is 1.85 bits per heavy atom.